The second kappa shape index (κ2) is 18.2. The summed E-state index contributed by atoms with van der Waals surface area (Å²) in [6.07, 6.45) is 2.81. The third kappa shape index (κ3) is 12.9. The van der Waals surface area contributed by atoms with Crippen LogP contribution >= 0.6 is 39.6 Å². The molecule has 14 heteroatoms. The Morgan fingerprint density at radius 3 is 1.20 bits per heavy atom. The summed E-state index contributed by atoms with van der Waals surface area (Å²) in [5.74, 6) is 0.709. The van der Waals surface area contributed by atoms with E-state index in [9.17, 15) is 12.3 Å². The molecule has 0 unspecified atom stereocenters. The molecule has 2 heterocycles. The van der Waals surface area contributed by atoms with Crippen LogP contribution in [0, 0.1) is 7.40 Å². The van der Waals surface area contributed by atoms with Crippen LogP contribution in [0.2, 0.25) is 0 Å². The lowest BCUT2D eigenvalue weighted by atomic mass is 10.4. The van der Waals surface area contributed by atoms with Crippen molar-refractivity contribution in [3.05, 3.63) is 44.1 Å². The van der Waals surface area contributed by atoms with E-state index in [-0.39, 0.29) is 41.5 Å². The van der Waals surface area contributed by atoms with E-state index in [0.29, 0.717) is 11.5 Å². The smallest absolute Gasteiger partial charge is 0.363 e. The normalized spacial score (nSPS) is 9.33. The van der Waals surface area contributed by atoms with Crippen molar-refractivity contribution in [3.63, 3.8) is 0 Å². The quantitative estimate of drug-likeness (QED) is 0.321. The third-order valence-electron chi connectivity index (χ3n) is 2.47. The van der Waals surface area contributed by atoms with Crippen molar-refractivity contribution in [1.29, 1.82) is 0 Å². The first kappa shape index (κ1) is 35.8. The third-order valence-corrected chi connectivity index (χ3v) is 5.76. The highest BCUT2D eigenvalue weighted by molar-refractivity contribution is 14.2. The van der Waals surface area contributed by atoms with Crippen molar-refractivity contribution in [2.75, 3.05) is 0 Å². The number of hydrogen-bond acceptors (Lipinski definition) is 8. The summed E-state index contributed by atoms with van der Waals surface area (Å²) in [5.41, 5.74) is 0. The number of nitrogens with zero attached hydrogens (tertiary/aromatic N) is 2. The van der Waals surface area contributed by atoms with Crippen LogP contribution in [-0.2, 0) is 12.3 Å². The Balaban J connectivity index is -0.000000199. The average molecular weight is 662 g/mol. The summed E-state index contributed by atoms with van der Waals surface area (Å²) in [4.78, 5) is 7.50. The second-order valence-corrected chi connectivity index (χ2v) is 9.88. The monoisotopic (exact) mass is 662 g/mol. The molecule has 0 atom stereocenters. The number of hydrogen-bond donors (Lipinski definition) is 0. The Hall–Kier alpha value is -1.60. The first-order chi connectivity index (χ1) is 12.2. The van der Waals surface area contributed by atoms with Gasteiger partial charge in [-0.2, -0.15) is 0 Å². The van der Waals surface area contributed by atoms with Crippen LogP contribution in [-0.4, -0.2) is 44.1 Å². The van der Waals surface area contributed by atoms with E-state index in [2.05, 4.69) is 9.97 Å². The SMILES string of the molecule is CC(C)Oc1cccnc1I(=O)=O.CC(C)Oc1cccnc1I(=O)=O.O.O.O.O. The molecular weight excluding hydrogens is 634 g/mol. The molecule has 0 spiro atoms. The molecule has 2 aromatic heterocycles. The van der Waals surface area contributed by atoms with Crippen LogP contribution < -0.4 is 9.47 Å². The van der Waals surface area contributed by atoms with Gasteiger partial charge in [0.2, 0.25) is 7.40 Å². The Bertz CT molecular complexity index is 783. The highest BCUT2D eigenvalue weighted by Gasteiger charge is 2.11. The Morgan fingerprint density at radius 1 is 0.667 bits per heavy atom. The van der Waals surface area contributed by atoms with Gasteiger partial charge in [0.15, 0.2) is 11.5 Å². The van der Waals surface area contributed by atoms with Gasteiger partial charge < -0.3 is 31.4 Å². The van der Waals surface area contributed by atoms with Gasteiger partial charge >= 0.3 is 39.6 Å². The molecule has 0 saturated heterocycles. The molecule has 176 valence electrons. The van der Waals surface area contributed by atoms with Gasteiger partial charge in [0, 0.05) is 12.4 Å². The van der Waals surface area contributed by atoms with Crippen LogP contribution in [0.1, 0.15) is 27.7 Å². The highest BCUT2D eigenvalue weighted by Crippen LogP contribution is 2.26. The zero-order valence-corrected chi connectivity index (χ0v) is 21.0. The Kier molecular flexibility index (Phi) is 21.7. The zero-order valence-electron chi connectivity index (χ0n) is 16.7. The van der Waals surface area contributed by atoms with Gasteiger partial charge in [0.1, 0.15) is 0 Å². The predicted octanol–water partition coefficient (Wildman–Crippen LogP) is 1.17. The van der Waals surface area contributed by atoms with E-state index >= 15 is 0 Å². The van der Waals surface area contributed by atoms with Crippen LogP contribution in [0.15, 0.2) is 36.7 Å². The molecule has 0 fully saturated rings. The van der Waals surface area contributed by atoms with Gasteiger partial charge in [0.05, 0.1) is 12.2 Å². The summed E-state index contributed by atoms with van der Waals surface area (Å²) in [7, 11) is 0. The number of rotatable bonds is 6. The maximum Gasteiger partial charge on any atom is 0.363 e. The summed E-state index contributed by atoms with van der Waals surface area (Å²) in [5, 5.41) is 0. The van der Waals surface area contributed by atoms with Crippen molar-refractivity contribution in [2.24, 2.45) is 0 Å². The minimum Gasteiger partial charge on any atom is -0.488 e. The number of aromatic nitrogens is 2. The average Bonchev–Trinajstić information content (AvgIpc) is 2.55. The van der Waals surface area contributed by atoms with Gasteiger partial charge in [-0.15, -0.1) is 0 Å². The van der Waals surface area contributed by atoms with Gasteiger partial charge in [0.25, 0.3) is 0 Å². The molecule has 0 aliphatic rings. The topological polar surface area (TPSA) is 239 Å². The van der Waals surface area contributed by atoms with Crippen molar-refractivity contribution in [3.8, 4) is 11.5 Å². The summed E-state index contributed by atoms with van der Waals surface area (Å²) in [6, 6.07) is 6.53. The van der Waals surface area contributed by atoms with E-state index in [0.717, 1.165) is 0 Å². The summed E-state index contributed by atoms with van der Waals surface area (Å²) in [6.45, 7) is 7.35. The molecule has 0 radical (unpaired) electrons. The maximum atomic E-state index is 10.8. The van der Waals surface area contributed by atoms with Crippen LogP contribution in [0.4, 0.5) is 0 Å². The molecule has 2 rings (SSSR count). The molecule has 0 bridgehead atoms. The number of ether oxygens (including phenoxy) is 2. The number of pyridine rings is 2. The van der Waals surface area contributed by atoms with Crippen molar-refractivity contribution in [2.45, 2.75) is 39.9 Å². The van der Waals surface area contributed by atoms with Gasteiger partial charge in [-0.3, -0.25) is 0 Å². The van der Waals surface area contributed by atoms with E-state index in [1.807, 2.05) is 27.7 Å². The molecule has 0 aliphatic carbocycles. The van der Waals surface area contributed by atoms with Crippen molar-refractivity contribution in [1.82, 2.24) is 9.97 Å². The van der Waals surface area contributed by atoms with E-state index < -0.39 is 39.6 Å². The van der Waals surface area contributed by atoms with Crippen molar-refractivity contribution >= 4 is 39.6 Å². The Labute approximate surface area is 187 Å². The van der Waals surface area contributed by atoms with Crippen molar-refractivity contribution < 1.29 is 43.7 Å². The summed E-state index contributed by atoms with van der Waals surface area (Å²) < 4.78 is 53.9. The van der Waals surface area contributed by atoms with Gasteiger partial charge in [-0.05, 0) is 52.0 Å². The van der Waals surface area contributed by atoms with E-state index in [1.165, 1.54) is 12.4 Å². The molecule has 0 amide bonds. The molecule has 2 aromatic rings. The lowest BCUT2D eigenvalue weighted by Gasteiger charge is -2.09. The second-order valence-electron chi connectivity index (χ2n) is 5.35. The Morgan fingerprint density at radius 2 is 0.967 bits per heavy atom. The highest BCUT2D eigenvalue weighted by atomic mass is 127. The molecule has 12 nitrogen and oxygen atoms in total. The molecule has 0 aliphatic heterocycles. The first-order valence-corrected chi connectivity index (χ1v) is 13.2. The molecule has 0 aromatic carbocycles. The molecule has 30 heavy (non-hydrogen) atoms. The maximum absolute atomic E-state index is 10.8. The minimum absolute atomic E-state index is 0. The fourth-order valence-corrected chi connectivity index (χ4v) is 3.92. The largest absolute Gasteiger partial charge is 0.488 e. The van der Waals surface area contributed by atoms with Crippen LogP contribution in [0.25, 0.3) is 0 Å². The van der Waals surface area contributed by atoms with Gasteiger partial charge in [-0.25, -0.2) is 22.2 Å². The van der Waals surface area contributed by atoms with Gasteiger partial charge in [-0.1, -0.05) is 0 Å². The predicted molar refractivity (Wildman–Crippen MR) is 123 cm³/mol. The fourth-order valence-electron chi connectivity index (χ4n) is 1.66. The van der Waals surface area contributed by atoms with E-state index in [4.69, 9.17) is 9.47 Å². The first-order valence-electron chi connectivity index (χ1n) is 7.56. The van der Waals surface area contributed by atoms with Crippen LogP contribution in [0.3, 0.4) is 0 Å². The zero-order chi connectivity index (χ0) is 19.7. The van der Waals surface area contributed by atoms with E-state index in [1.54, 1.807) is 24.3 Å². The molecule has 8 N–H and O–H groups in total. The fraction of sp³-hybridized carbons (Fsp3) is 0.375. The molecule has 0 saturated carbocycles. The summed E-state index contributed by atoms with van der Waals surface area (Å²) >= 11 is -7.05. The van der Waals surface area contributed by atoms with Crippen LogP contribution in [0.5, 0.6) is 11.5 Å². The molecular formula is C16H28I2N2O10. The lowest BCUT2D eigenvalue weighted by molar-refractivity contribution is 0.239. The minimum atomic E-state index is -3.53. The standard InChI is InChI=1S/2C8H10INO3.4H2O/c2*1-6(2)13-7-4-3-5-10-8(7)9(11)12;;;;/h2*3-6H,1-2H3;4*1H2. The number of halogens is 2. The lowest BCUT2D eigenvalue weighted by Crippen LogP contribution is -2.07.